The first-order valence-corrected chi connectivity index (χ1v) is 5.08. The number of H-pyrrole nitrogens is 1. The number of nitrogens with two attached hydrogens (primary N) is 1. The van der Waals surface area contributed by atoms with Gasteiger partial charge in [-0.15, -0.1) is 0 Å². The van der Waals surface area contributed by atoms with Crippen molar-refractivity contribution in [2.45, 2.75) is 0 Å². The summed E-state index contributed by atoms with van der Waals surface area (Å²) in [6.45, 7) is 0. The van der Waals surface area contributed by atoms with E-state index in [0.717, 1.165) is 5.56 Å². The zero-order valence-corrected chi connectivity index (χ0v) is 9.28. The molecule has 1 amide bonds. The van der Waals surface area contributed by atoms with E-state index >= 15 is 0 Å². The number of rotatable bonds is 2. The van der Waals surface area contributed by atoms with E-state index in [0.29, 0.717) is 16.1 Å². The van der Waals surface area contributed by atoms with Crippen LogP contribution in [0.5, 0.6) is 0 Å². The lowest BCUT2D eigenvalue weighted by molar-refractivity contribution is 0.0996. The number of carbonyl (C=O) groups excluding carboxylic acids is 1. The van der Waals surface area contributed by atoms with E-state index in [4.69, 9.17) is 5.73 Å². The predicted molar refractivity (Wildman–Crippen MR) is 60.2 cm³/mol. The van der Waals surface area contributed by atoms with Crippen LogP contribution < -0.4 is 5.73 Å². The topological polar surface area (TPSA) is 71.8 Å². The van der Waals surface area contributed by atoms with Crippen molar-refractivity contribution >= 4 is 21.8 Å². The second-order valence-electron chi connectivity index (χ2n) is 2.98. The fourth-order valence-corrected chi connectivity index (χ4v) is 1.70. The molecule has 15 heavy (non-hydrogen) atoms. The molecule has 76 valence electrons. The van der Waals surface area contributed by atoms with E-state index in [2.05, 4.69) is 25.9 Å². The molecule has 0 bridgehead atoms. The van der Waals surface area contributed by atoms with Gasteiger partial charge in [0.2, 0.25) is 0 Å². The minimum Gasteiger partial charge on any atom is -0.364 e. The van der Waals surface area contributed by atoms with E-state index in [1.807, 2.05) is 30.3 Å². The summed E-state index contributed by atoms with van der Waals surface area (Å²) in [5.74, 6) is -0.521. The molecule has 0 aliphatic rings. The van der Waals surface area contributed by atoms with Gasteiger partial charge in [-0.25, -0.2) is 4.98 Å². The van der Waals surface area contributed by atoms with Crippen molar-refractivity contribution in [2.75, 3.05) is 0 Å². The molecule has 5 heteroatoms. The number of primary amides is 1. The normalized spacial score (nSPS) is 10.2. The maximum Gasteiger partial charge on any atom is 0.267 e. The van der Waals surface area contributed by atoms with Crippen molar-refractivity contribution in [1.82, 2.24) is 9.97 Å². The van der Waals surface area contributed by atoms with Gasteiger partial charge in [0.1, 0.15) is 11.4 Å². The molecule has 1 heterocycles. The molecular weight excluding hydrogens is 258 g/mol. The Morgan fingerprint density at radius 3 is 2.60 bits per heavy atom. The van der Waals surface area contributed by atoms with Gasteiger partial charge in [0.25, 0.3) is 5.91 Å². The Hall–Kier alpha value is -1.62. The highest BCUT2D eigenvalue weighted by Gasteiger charge is 2.14. The van der Waals surface area contributed by atoms with Crippen molar-refractivity contribution < 1.29 is 4.79 Å². The van der Waals surface area contributed by atoms with Crippen LogP contribution in [0.25, 0.3) is 11.3 Å². The predicted octanol–water partition coefficient (Wildman–Crippen LogP) is 1.94. The van der Waals surface area contributed by atoms with E-state index in [1.165, 1.54) is 0 Å². The van der Waals surface area contributed by atoms with Crippen molar-refractivity contribution in [3.8, 4) is 11.3 Å². The Labute approximate surface area is 94.7 Å². The monoisotopic (exact) mass is 265 g/mol. The van der Waals surface area contributed by atoms with Crippen molar-refractivity contribution in [2.24, 2.45) is 5.73 Å². The van der Waals surface area contributed by atoms with Gasteiger partial charge in [-0.3, -0.25) is 4.79 Å². The summed E-state index contributed by atoms with van der Waals surface area (Å²) < 4.78 is 0.496. The lowest BCUT2D eigenvalue weighted by Gasteiger charge is -1.97. The molecule has 4 nitrogen and oxygen atoms in total. The quantitative estimate of drug-likeness (QED) is 0.871. The number of hydrogen-bond acceptors (Lipinski definition) is 2. The third-order valence-electron chi connectivity index (χ3n) is 1.97. The largest absolute Gasteiger partial charge is 0.364 e. The van der Waals surface area contributed by atoms with Gasteiger partial charge in [-0.1, -0.05) is 30.3 Å². The Morgan fingerprint density at radius 2 is 2.00 bits per heavy atom. The summed E-state index contributed by atoms with van der Waals surface area (Å²) in [7, 11) is 0. The highest BCUT2D eigenvalue weighted by Crippen LogP contribution is 2.22. The molecule has 1 aromatic heterocycles. The van der Waals surface area contributed by atoms with Gasteiger partial charge < -0.3 is 10.7 Å². The highest BCUT2D eigenvalue weighted by molar-refractivity contribution is 9.10. The maximum absolute atomic E-state index is 11.1. The van der Waals surface area contributed by atoms with Crippen LogP contribution in [0.3, 0.4) is 0 Å². The fourth-order valence-electron chi connectivity index (χ4n) is 1.33. The van der Waals surface area contributed by atoms with Crippen LogP contribution in [-0.2, 0) is 0 Å². The Morgan fingerprint density at radius 1 is 1.33 bits per heavy atom. The molecule has 0 aliphatic heterocycles. The number of amides is 1. The number of nitrogens with one attached hydrogen (secondary N) is 1. The zero-order valence-electron chi connectivity index (χ0n) is 7.70. The number of carbonyl (C=O) groups is 1. The van der Waals surface area contributed by atoms with Crippen molar-refractivity contribution in [3.63, 3.8) is 0 Å². The van der Waals surface area contributed by atoms with E-state index in [1.54, 1.807) is 0 Å². The standard InChI is InChI=1S/C10H8BrN3O/c11-10-13-7(8(14-10)9(12)15)6-4-2-1-3-5-6/h1-5H,(H2,12,15)(H,13,14). The van der Waals surface area contributed by atoms with Crippen LogP contribution in [0.1, 0.15) is 10.5 Å². The van der Waals surface area contributed by atoms with Gasteiger partial charge in [0.05, 0.1) is 0 Å². The number of halogens is 1. The molecule has 0 aliphatic carbocycles. The molecule has 3 N–H and O–H groups in total. The number of imidazole rings is 1. The number of benzene rings is 1. The fraction of sp³-hybridized carbons (Fsp3) is 0. The first-order valence-electron chi connectivity index (χ1n) is 4.29. The molecule has 0 saturated heterocycles. The summed E-state index contributed by atoms with van der Waals surface area (Å²) >= 11 is 3.17. The molecule has 0 unspecified atom stereocenters. The number of aromatic amines is 1. The van der Waals surface area contributed by atoms with Crippen LogP contribution in [0.2, 0.25) is 0 Å². The second-order valence-corrected chi connectivity index (χ2v) is 3.73. The third-order valence-corrected chi connectivity index (χ3v) is 2.34. The lowest BCUT2D eigenvalue weighted by Crippen LogP contribution is -2.12. The third kappa shape index (κ3) is 1.92. The molecule has 0 saturated carbocycles. The molecular formula is C10H8BrN3O. The number of hydrogen-bond donors (Lipinski definition) is 2. The summed E-state index contributed by atoms with van der Waals surface area (Å²) in [5, 5.41) is 0. The van der Waals surface area contributed by atoms with Gasteiger partial charge in [0.15, 0.2) is 4.73 Å². The van der Waals surface area contributed by atoms with E-state index in [9.17, 15) is 4.79 Å². The molecule has 0 spiro atoms. The van der Waals surface area contributed by atoms with Crippen molar-refractivity contribution in [1.29, 1.82) is 0 Å². The van der Waals surface area contributed by atoms with Crippen LogP contribution >= 0.6 is 15.9 Å². The average molecular weight is 266 g/mol. The molecule has 0 radical (unpaired) electrons. The smallest absolute Gasteiger partial charge is 0.267 e. The van der Waals surface area contributed by atoms with Gasteiger partial charge in [-0.2, -0.15) is 0 Å². The summed E-state index contributed by atoms with van der Waals surface area (Å²) in [4.78, 5) is 18.1. The first-order chi connectivity index (χ1) is 7.18. The number of aromatic nitrogens is 2. The minimum atomic E-state index is -0.521. The molecule has 2 rings (SSSR count). The highest BCUT2D eigenvalue weighted by atomic mass is 79.9. The van der Waals surface area contributed by atoms with Crippen LogP contribution in [0, 0.1) is 0 Å². The van der Waals surface area contributed by atoms with E-state index < -0.39 is 5.91 Å². The molecule has 1 aromatic carbocycles. The summed E-state index contributed by atoms with van der Waals surface area (Å²) in [6, 6.07) is 9.39. The zero-order chi connectivity index (χ0) is 10.8. The average Bonchev–Trinajstić information content (AvgIpc) is 2.62. The molecule has 2 aromatic rings. The van der Waals surface area contributed by atoms with Gasteiger partial charge in [0, 0.05) is 5.56 Å². The first kappa shape index (κ1) is 9.92. The minimum absolute atomic E-state index is 0.313. The Balaban J connectivity index is 2.58. The summed E-state index contributed by atoms with van der Waals surface area (Å²) in [6.07, 6.45) is 0. The van der Waals surface area contributed by atoms with Crippen LogP contribution in [0.4, 0.5) is 0 Å². The van der Waals surface area contributed by atoms with Crippen LogP contribution in [-0.4, -0.2) is 15.9 Å². The summed E-state index contributed by atoms with van der Waals surface area (Å²) in [5.41, 5.74) is 6.97. The van der Waals surface area contributed by atoms with Gasteiger partial charge >= 0.3 is 0 Å². The lowest BCUT2D eigenvalue weighted by atomic mass is 10.1. The molecule has 0 fully saturated rings. The van der Waals surface area contributed by atoms with Gasteiger partial charge in [-0.05, 0) is 15.9 Å². The molecule has 0 atom stereocenters. The van der Waals surface area contributed by atoms with Crippen molar-refractivity contribution in [3.05, 3.63) is 40.8 Å². The maximum atomic E-state index is 11.1. The van der Waals surface area contributed by atoms with E-state index in [-0.39, 0.29) is 0 Å². The Kier molecular flexibility index (Phi) is 2.55. The number of nitrogens with zero attached hydrogens (tertiary/aromatic N) is 1. The van der Waals surface area contributed by atoms with Crippen LogP contribution in [0.15, 0.2) is 35.1 Å². The SMILES string of the molecule is NC(=O)c1[nH]c(Br)nc1-c1ccccc1. The Bertz CT molecular complexity index is 493. The second kappa shape index (κ2) is 3.86.